The highest BCUT2D eigenvalue weighted by Gasteiger charge is 2.13. The summed E-state index contributed by atoms with van der Waals surface area (Å²) in [6.45, 7) is 1.81. The summed E-state index contributed by atoms with van der Waals surface area (Å²) in [5, 5.41) is 20.8. The van der Waals surface area contributed by atoms with Gasteiger partial charge in [0.25, 0.3) is 0 Å². The molecule has 0 atom stereocenters. The van der Waals surface area contributed by atoms with Crippen LogP contribution < -0.4 is 5.32 Å². The second-order valence-electron chi connectivity index (χ2n) is 4.81. The molecule has 0 saturated carbocycles. The van der Waals surface area contributed by atoms with E-state index in [0.717, 1.165) is 10.0 Å². The van der Waals surface area contributed by atoms with Gasteiger partial charge in [0.1, 0.15) is 11.9 Å². The summed E-state index contributed by atoms with van der Waals surface area (Å²) in [5.41, 5.74) is 2.30. The highest BCUT2D eigenvalue weighted by molar-refractivity contribution is 9.10. The van der Waals surface area contributed by atoms with Gasteiger partial charge in [0.2, 0.25) is 0 Å². The van der Waals surface area contributed by atoms with Gasteiger partial charge in [-0.15, -0.1) is 10.2 Å². The van der Waals surface area contributed by atoms with Crippen molar-refractivity contribution in [1.29, 1.82) is 5.26 Å². The largest absolute Gasteiger partial charge is 0.350 e. The van der Waals surface area contributed by atoms with Gasteiger partial charge in [-0.2, -0.15) is 5.26 Å². The number of aryl methyl sites for hydroxylation is 1. The van der Waals surface area contributed by atoms with E-state index in [0.29, 0.717) is 22.3 Å². The van der Waals surface area contributed by atoms with E-state index in [9.17, 15) is 9.65 Å². The summed E-state index contributed by atoms with van der Waals surface area (Å²) in [6, 6.07) is 12.3. The number of aromatic nitrogens is 2. The van der Waals surface area contributed by atoms with Crippen molar-refractivity contribution < 1.29 is 4.39 Å². The molecule has 3 aromatic rings. The van der Waals surface area contributed by atoms with E-state index in [2.05, 4.69) is 31.4 Å². The van der Waals surface area contributed by atoms with Gasteiger partial charge in [0.05, 0.1) is 16.9 Å². The van der Waals surface area contributed by atoms with E-state index in [-0.39, 0.29) is 11.5 Å². The number of anilines is 2. The fourth-order valence-corrected chi connectivity index (χ4v) is 2.49. The monoisotopic (exact) mass is 356 g/mol. The minimum Gasteiger partial charge on any atom is -0.350 e. The maximum atomic E-state index is 14.0. The van der Waals surface area contributed by atoms with Crippen molar-refractivity contribution in [2.24, 2.45) is 0 Å². The molecule has 0 saturated heterocycles. The van der Waals surface area contributed by atoms with Crippen LogP contribution in [-0.4, -0.2) is 10.2 Å². The first-order chi connectivity index (χ1) is 10.6. The van der Waals surface area contributed by atoms with E-state index >= 15 is 0 Å². The molecule has 2 aromatic carbocycles. The van der Waals surface area contributed by atoms with Crippen LogP contribution in [-0.2, 0) is 0 Å². The van der Waals surface area contributed by atoms with Crippen LogP contribution in [0.25, 0.3) is 10.9 Å². The maximum absolute atomic E-state index is 14.0. The van der Waals surface area contributed by atoms with Gasteiger partial charge >= 0.3 is 0 Å². The topological polar surface area (TPSA) is 61.6 Å². The fraction of sp³-hybridized carbons (Fsp3) is 0.0625. The Morgan fingerprint density at radius 3 is 2.73 bits per heavy atom. The van der Waals surface area contributed by atoms with Crippen LogP contribution in [0.1, 0.15) is 11.3 Å². The molecular weight excluding hydrogens is 347 g/mol. The Labute approximate surface area is 134 Å². The lowest BCUT2D eigenvalue weighted by atomic mass is 10.1. The smallest absolute Gasteiger partial charge is 0.187 e. The minimum absolute atomic E-state index is 0.120. The molecule has 0 unspecified atom stereocenters. The van der Waals surface area contributed by atoms with Gasteiger partial charge < -0.3 is 5.32 Å². The summed E-state index contributed by atoms with van der Waals surface area (Å²) in [7, 11) is 0. The SMILES string of the molecule is Cc1ccc(Nc2c(C#N)nnc3cc(Br)ccc23)c(F)c1. The van der Waals surface area contributed by atoms with Crippen molar-refractivity contribution in [3.63, 3.8) is 0 Å². The molecule has 108 valence electrons. The third kappa shape index (κ3) is 2.63. The molecule has 0 fully saturated rings. The number of nitrogens with one attached hydrogen (secondary N) is 1. The summed E-state index contributed by atoms with van der Waals surface area (Å²) in [5.74, 6) is -0.383. The highest BCUT2D eigenvalue weighted by atomic mass is 79.9. The first kappa shape index (κ1) is 14.4. The molecule has 0 radical (unpaired) electrons. The Morgan fingerprint density at radius 2 is 2.00 bits per heavy atom. The van der Waals surface area contributed by atoms with E-state index in [4.69, 9.17) is 0 Å². The Bertz CT molecular complexity index is 918. The first-order valence-corrected chi connectivity index (χ1v) is 7.27. The lowest BCUT2D eigenvalue weighted by molar-refractivity contribution is 0.631. The Kier molecular flexibility index (Phi) is 3.73. The quantitative estimate of drug-likeness (QED) is 0.736. The lowest BCUT2D eigenvalue weighted by Crippen LogP contribution is -2.01. The second kappa shape index (κ2) is 5.70. The molecule has 1 aromatic heterocycles. The van der Waals surface area contributed by atoms with Crippen LogP contribution in [0.5, 0.6) is 0 Å². The lowest BCUT2D eigenvalue weighted by Gasteiger charge is -2.11. The van der Waals surface area contributed by atoms with E-state index < -0.39 is 0 Å². The third-order valence-corrected chi connectivity index (χ3v) is 3.71. The fourth-order valence-electron chi connectivity index (χ4n) is 2.14. The van der Waals surface area contributed by atoms with Crippen LogP contribution >= 0.6 is 15.9 Å². The average Bonchev–Trinajstić information content (AvgIpc) is 2.49. The molecular formula is C16H10BrFN4. The number of halogens is 2. The third-order valence-electron chi connectivity index (χ3n) is 3.21. The van der Waals surface area contributed by atoms with Crippen molar-refractivity contribution in [3.8, 4) is 6.07 Å². The number of fused-ring (bicyclic) bond motifs is 1. The zero-order chi connectivity index (χ0) is 15.7. The van der Waals surface area contributed by atoms with Crippen LogP contribution in [0.15, 0.2) is 40.9 Å². The number of nitrogens with zero attached hydrogens (tertiary/aromatic N) is 3. The number of benzene rings is 2. The molecule has 0 aliphatic rings. The molecule has 1 N–H and O–H groups in total. The molecule has 3 rings (SSSR count). The van der Waals surface area contributed by atoms with Gasteiger partial charge in [-0.1, -0.05) is 22.0 Å². The average molecular weight is 357 g/mol. The molecule has 22 heavy (non-hydrogen) atoms. The minimum atomic E-state index is -0.383. The maximum Gasteiger partial charge on any atom is 0.187 e. The van der Waals surface area contributed by atoms with Gasteiger partial charge in [0, 0.05) is 9.86 Å². The van der Waals surface area contributed by atoms with E-state index in [1.165, 1.54) is 6.07 Å². The number of hydrogen-bond donors (Lipinski definition) is 1. The molecule has 0 bridgehead atoms. The normalized spacial score (nSPS) is 10.5. The summed E-state index contributed by atoms with van der Waals surface area (Å²) >= 11 is 3.37. The first-order valence-electron chi connectivity index (χ1n) is 6.47. The summed E-state index contributed by atoms with van der Waals surface area (Å²) in [4.78, 5) is 0. The van der Waals surface area contributed by atoms with Crippen LogP contribution in [0.3, 0.4) is 0 Å². The van der Waals surface area contributed by atoms with Crippen LogP contribution in [0.4, 0.5) is 15.8 Å². The molecule has 1 heterocycles. The zero-order valence-corrected chi connectivity index (χ0v) is 13.1. The number of rotatable bonds is 2. The van der Waals surface area contributed by atoms with Gasteiger partial charge in [-0.25, -0.2) is 4.39 Å². The standard InChI is InChI=1S/C16H10BrFN4/c1-9-2-5-13(12(18)6-9)20-16-11-4-3-10(17)7-14(11)21-22-15(16)8-19/h2-7H,1H3,(H,20,21). The van der Waals surface area contributed by atoms with Crippen molar-refractivity contribution in [1.82, 2.24) is 10.2 Å². The predicted octanol–water partition coefficient (Wildman–Crippen LogP) is 4.46. The van der Waals surface area contributed by atoms with Crippen molar-refractivity contribution >= 4 is 38.2 Å². The van der Waals surface area contributed by atoms with Crippen molar-refractivity contribution in [2.45, 2.75) is 6.92 Å². The summed E-state index contributed by atoms with van der Waals surface area (Å²) < 4.78 is 14.9. The van der Waals surface area contributed by atoms with Crippen molar-refractivity contribution in [3.05, 3.63) is 57.9 Å². The van der Waals surface area contributed by atoms with E-state index in [1.54, 1.807) is 18.2 Å². The molecule has 6 heteroatoms. The zero-order valence-electron chi connectivity index (χ0n) is 11.6. The molecule has 0 spiro atoms. The highest BCUT2D eigenvalue weighted by Crippen LogP contribution is 2.30. The molecule has 4 nitrogen and oxygen atoms in total. The predicted molar refractivity (Wildman–Crippen MR) is 86.4 cm³/mol. The Hall–Kier alpha value is -2.52. The van der Waals surface area contributed by atoms with Gasteiger partial charge in [-0.3, -0.25) is 0 Å². The molecule has 0 amide bonds. The Balaban J connectivity index is 2.18. The molecule has 0 aliphatic heterocycles. The molecule has 0 aliphatic carbocycles. The van der Waals surface area contributed by atoms with Gasteiger partial charge in [0.15, 0.2) is 5.69 Å². The van der Waals surface area contributed by atoms with E-state index in [1.807, 2.05) is 25.1 Å². The number of hydrogen-bond acceptors (Lipinski definition) is 4. The second-order valence-corrected chi connectivity index (χ2v) is 5.72. The summed E-state index contributed by atoms with van der Waals surface area (Å²) in [6.07, 6.45) is 0. The van der Waals surface area contributed by atoms with Gasteiger partial charge in [-0.05, 0) is 42.8 Å². The number of nitriles is 1. The van der Waals surface area contributed by atoms with Crippen LogP contribution in [0.2, 0.25) is 0 Å². The van der Waals surface area contributed by atoms with Crippen molar-refractivity contribution in [2.75, 3.05) is 5.32 Å². The Morgan fingerprint density at radius 1 is 1.18 bits per heavy atom. The van der Waals surface area contributed by atoms with Crippen LogP contribution in [0, 0.1) is 24.1 Å².